The molecule has 1 aromatic carbocycles. The highest BCUT2D eigenvalue weighted by Crippen LogP contribution is 2.42. The minimum Gasteiger partial charge on any atom is -0.505 e. The van der Waals surface area contributed by atoms with Gasteiger partial charge in [-0.2, -0.15) is 0 Å². The van der Waals surface area contributed by atoms with Crippen molar-refractivity contribution in [2.75, 3.05) is 14.2 Å². The number of hydrogen-bond acceptors (Lipinski definition) is 6. The molecule has 0 radical (unpaired) electrons. The molecule has 0 spiro atoms. The predicted octanol–water partition coefficient (Wildman–Crippen LogP) is 3.26. The number of aromatic nitrogens is 1. The number of methoxy groups -OCH3 is 2. The molecule has 0 aliphatic heterocycles. The molecule has 0 fully saturated rings. The molecular weight excluding hydrogens is 290 g/mol. The van der Waals surface area contributed by atoms with E-state index in [1.807, 2.05) is 19.1 Å². The van der Waals surface area contributed by atoms with Gasteiger partial charge < -0.3 is 14.6 Å². The molecule has 0 unspecified atom stereocenters. The summed E-state index contributed by atoms with van der Waals surface area (Å²) in [5.74, 6) is 0.0256. The number of esters is 1. The normalized spacial score (nSPS) is 11.0. The van der Waals surface area contributed by atoms with E-state index in [0.717, 1.165) is 15.6 Å². The number of carbonyl (C=O) groups excluding carboxylic acids is 1. The zero-order valence-corrected chi connectivity index (χ0v) is 12.6. The number of rotatable bonds is 2. The largest absolute Gasteiger partial charge is 0.505 e. The van der Waals surface area contributed by atoms with Gasteiger partial charge in [-0.15, -0.1) is 11.3 Å². The molecule has 108 valence electrons. The van der Waals surface area contributed by atoms with Gasteiger partial charge in [0.25, 0.3) is 0 Å². The molecule has 1 N–H and O–H groups in total. The highest BCUT2D eigenvalue weighted by Gasteiger charge is 2.21. The van der Waals surface area contributed by atoms with Crippen LogP contribution in [0.4, 0.5) is 0 Å². The number of benzene rings is 1. The summed E-state index contributed by atoms with van der Waals surface area (Å²) < 4.78 is 10.8. The molecule has 0 bridgehead atoms. The second-order valence-electron chi connectivity index (χ2n) is 4.64. The van der Waals surface area contributed by atoms with Crippen LogP contribution in [0.25, 0.3) is 21.0 Å². The fourth-order valence-electron chi connectivity index (χ4n) is 2.32. The summed E-state index contributed by atoms with van der Waals surface area (Å²) in [6.07, 6.45) is 1.55. The van der Waals surface area contributed by atoms with Gasteiger partial charge in [-0.05, 0) is 24.6 Å². The maximum absolute atomic E-state index is 11.7. The molecule has 2 heterocycles. The summed E-state index contributed by atoms with van der Waals surface area (Å²) >= 11 is 1.19. The third-order valence-corrected chi connectivity index (χ3v) is 4.50. The van der Waals surface area contributed by atoms with E-state index < -0.39 is 5.97 Å². The van der Waals surface area contributed by atoms with Crippen molar-refractivity contribution in [1.82, 2.24) is 4.98 Å². The zero-order valence-electron chi connectivity index (χ0n) is 11.8. The molecule has 2 aromatic heterocycles. The van der Waals surface area contributed by atoms with Crippen molar-refractivity contribution in [1.29, 1.82) is 0 Å². The Hall–Kier alpha value is -2.34. The van der Waals surface area contributed by atoms with Gasteiger partial charge in [0.1, 0.15) is 17.0 Å². The second-order valence-corrected chi connectivity index (χ2v) is 5.66. The number of fused-ring (bicyclic) bond motifs is 3. The lowest BCUT2D eigenvalue weighted by atomic mass is 10.1. The molecular formula is C15H13NO4S. The standard InChI is InChI=1S/C15H13NO4S/c1-7-4-8-11(10(5-7)19-2)16-6-9-12(17)14(15(18)20-3)21-13(8)9/h4-6,17H,1-3H3. The Morgan fingerprint density at radius 3 is 2.71 bits per heavy atom. The van der Waals surface area contributed by atoms with E-state index in [0.29, 0.717) is 16.7 Å². The van der Waals surface area contributed by atoms with Crippen LogP contribution in [0, 0.1) is 6.92 Å². The van der Waals surface area contributed by atoms with Gasteiger partial charge in [-0.3, -0.25) is 4.98 Å². The fourth-order valence-corrected chi connectivity index (χ4v) is 3.42. The highest BCUT2D eigenvalue weighted by atomic mass is 32.1. The van der Waals surface area contributed by atoms with E-state index in [2.05, 4.69) is 4.98 Å². The summed E-state index contributed by atoms with van der Waals surface area (Å²) in [7, 11) is 2.88. The highest BCUT2D eigenvalue weighted by molar-refractivity contribution is 7.22. The number of hydrogen-bond donors (Lipinski definition) is 1. The second kappa shape index (κ2) is 4.89. The van der Waals surface area contributed by atoms with Gasteiger partial charge in [0.2, 0.25) is 0 Å². The van der Waals surface area contributed by atoms with E-state index >= 15 is 0 Å². The molecule has 0 aliphatic carbocycles. The minimum absolute atomic E-state index is 0.0864. The van der Waals surface area contributed by atoms with Crippen LogP contribution in [0.1, 0.15) is 15.2 Å². The first kappa shape index (κ1) is 13.6. The van der Waals surface area contributed by atoms with E-state index in [-0.39, 0.29) is 10.6 Å². The van der Waals surface area contributed by atoms with Crippen molar-refractivity contribution in [2.24, 2.45) is 0 Å². The van der Waals surface area contributed by atoms with Gasteiger partial charge in [-0.1, -0.05) is 0 Å². The number of nitrogens with zero attached hydrogens (tertiary/aromatic N) is 1. The molecule has 21 heavy (non-hydrogen) atoms. The molecule has 0 amide bonds. The average molecular weight is 303 g/mol. The van der Waals surface area contributed by atoms with Crippen LogP contribution in [0.2, 0.25) is 0 Å². The summed E-state index contributed by atoms with van der Waals surface area (Å²) in [6.45, 7) is 1.95. The lowest BCUT2D eigenvalue weighted by Crippen LogP contribution is -1.97. The van der Waals surface area contributed by atoms with Gasteiger partial charge in [0.05, 0.1) is 24.3 Å². The van der Waals surface area contributed by atoms with Crippen LogP contribution in [0.5, 0.6) is 11.5 Å². The Labute approximate surface area is 124 Å². The van der Waals surface area contributed by atoms with Crippen molar-refractivity contribution in [3.05, 3.63) is 28.8 Å². The van der Waals surface area contributed by atoms with Crippen LogP contribution in [0.15, 0.2) is 18.3 Å². The van der Waals surface area contributed by atoms with Crippen LogP contribution in [-0.2, 0) is 4.74 Å². The topological polar surface area (TPSA) is 68.7 Å². The SMILES string of the molecule is COC(=O)c1sc2c(cnc3c(OC)cc(C)cc32)c1O. The van der Waals surface area contributed by atoms with Crippen molar-refractivity contribution in [2.45, 2.75) is 6.92 Å². The van der Waals surface area contributed by atoms with Crippen molar-refractivity contribution >= 4 is 38.3 Å². The van der Waals surface area contributed by atoms with Crippen LogP contribution >= 0.6 is 11.3 Å². The quantitative estimate of drug-likeness (QED) is 0.736. The lowest BCUT2D eigenvalue weighted by molar-refractivity contribution is 0.0603. The van der Waals surface area contributed by atoms with E-state index in [4.69, 9.17) is 9.47 Å². The zero-order chi connectivity index (χ0) is 15.1. The van der Waals surface area contributed by atoms with Crippen molar-refractivity contribution < 1.29 is 19.4 Å². The molecule has 0 saturated carbocycles. The first-order valence-electron chi connectivity index (χ1n) is 6.24. The minimum atomic E-state index is -0.554. The maximum atomic E-state index is 11.7. The number of pyridine rings is 1. The molecule has 0 aliphatic rings. The number of aryl methyl sites for hydroxylation is 1. The van der Waals surface area contributed by atoms with E-state index in [1.54, 1.807) is 13.3 Å². The molecule has 6 heteroatoms. The molecule has 5 nitrogen and oxygen atoms in total. The van der Waals surface area contributed by atoms with Crippen molar-refractivity contribution in [3.63, 3.8) is 0 Å². The number of thiophene rings is 1. The van der Waals surface area contributed by atoms with Crippen LogP contribution in [-0.4, -0.2) is 30.3 Å². The van der Waals surface area contributed by atoms with Gasteiger partial charge in [-0.25, -0.2) is 4.79 Å². The fraction of sp³-hybridized carbons (Fsp3) is 0.200. The van der Waals surface area contributed by atoms with Crippen molar-refractivity contribution in [3.8, 4) is 11.5 Å². The van der Waals surface area contributed by atoms with Gasteiger partial charge in [0.15, 0.2) is 4.88 Å². The molecule has 0 atom stereocenters. The smallest absolute Gasteiger partial charge is 0.351 e. The third kappa shape index (κ3) is 1.99. The Kier molecular flexibility index (Phi) is 3.17. The van der Waals surface area contributed by atoms with E-state index in [9.17, 15) is 9.90 Å². The lowest BCUT2D eigenvalue weighted by Gasteiger charge is -2.06. The number of ether oxygens (including phenoxy) is 2. The molecule has 0 saturated heterocycles. The van der Waals surface area contributed by atoms with Gasteiger partial charge >= 0.3 is 5.97 Å². The molecule has 3 aromatic rings. The number of carbonyl (C=O) groups is 1. The molecule has 3 rings (SSSR count). The van der Waals surface area contributed by atoms with Crippen LogP contribution in [0.3, 0.4) is 0 Å². The first-order valence-corrected chi connectivity index (χ1v) is 7.05. The first-order chi connectivity index (χ1) is 10.1. The summed E-state index contributed by atoms with van der Waals surface area (Å²) in [6, 6.07) is 3.86. The Morgan fingerprint density at radius 1 is 1.29 bits per heavy atom. The third-order valence-electron chi connectivity index (χ3n) is 3.30. The van der Waals surface area contributed by atoms with Gasteiger partial charge in [0, 0.05) is 11.6 Å². The van der Waals surface area contributed by atoms with Crippen LogP contribution < -0.4 is 4.74 Å². The summed E-state index contributed by atoms with van der Waals surface area (Å²) in [4.78, 5) is 16.2. The summed E-state index contributed by atoms with van der Waals surface area (Å²) in [5, 5.41) is 11.6. The summed E-state index contributed by atoms with van der Waals surface area (Å²) in [5.41, 5.74) is 1.72. The Morgan fingerprint density at radius 2 is 2.05 bits per heavy atom. The maximum Gasteiger partial charge on any atom is 0.351 e. The Balaban J connectivity index is 2.43. The average Bonchev–Trinajstić information content (AvgIpc) is 2.83. The number of aromatic hydroxyl groups is 1. The predicted molar refractivity (Wildman–Crippen MR) is 81.4 cm³/mol. The Bertz CT molecular complexity index is 869. The van der Waals surface area contributed by atoms with E-state index in [1.165, 1.54) is 18.4 Å². The monoisotopic (exact) mass is 303 g/mol.